The van der Waals surface area contributed by atoms with E-state index in [1.54, 1.807) is 0 Å². The Morgan fingerprint density at radius 3 is 2.81 bits per heavy atom. The zero-order chi connectivity index (χ0) is 14.1. The highest BCUT2D eigenvalue weighted by Crippen LogP contribution is 2.34. The molecule has 21 heavy (non-hydrogen) atoms. The number of aryl methyl sites for hydroxylation is 1. The molecule has 0 aromatic carbocycles. The van der Waals surface area contributed by atoms with Gasteiger partial charge < -0.3 is 5.32 Å². The number of nitrogens with zero attached hydrogens (tertiary/aromatic N) is 3. The van der Waals surface area contributed by atoms with Crippen LogP contribution >= 0.6 is 0 Å². The quantitative estimate of drug-likeness (QED) is 0.932. The molecule has 0 amide bonds. The van der Waals surface area contributed by atoms with E-state index in [0.29, 0.717) is 5.92 Å². The highest BCUT2D eigenvalue weighted by Gasteiger charge is 2.24. The molecular weight excluding hydrogens is 260 g/mol. The van der Waals surface area contributed by atoms with E-state index in [1.165, 1.54) is 36.9 Å². The number of hydrogen-bond donors (Lipinski definition) is 1. The number of fused-ring (bicyclic) bond motifs is 1. The highest BCUT2D eigenvalue weighted by atomic mass is 15.1. The van der Waals surface area contributed by atoms with Gasteiger partial charge in [0.15, 0.2) is 0 Å². The summed E-state index contributed by atoms with van der Waals surface area (Å²) in [6.45, 7) is 0. The van der Waals surface area contributed by atoms with Crippen molar-refractivity contribution in [2.45, 2.75) is 50.5 Å². The van der Waals surface area contributed by atoms with E-state index in [0.717, 1.165) is 24.5 Å². The molecule has 1 saturated carbocycles. The fourth-order valence-corrected chi connectivity index (χ4v) is 3.60. The molecule has 108 valence electrons. The molecule has 4 nitrogen and oxygen atoms in total. The second-order valence-corrected chi connectivity index (χ2v) is 6.07. The average molecular weight is 280 g/mol. The molecule has 0 radical (unpaired) electrons. The third kappa shape index (κ3) is 2.50. The maximum absolute atomic E-state index is 4.74. The number of rotatable bonds is 3. The highest BCUT2D eigenvalue weighted by molar-refractivity contribution is 5.37. The summed E-state index contributed by atoms with van der Waals surface area (Å²) in [6, 6.07) is 6.50. The van der Waals surface area contributed by atoms with Gasteiger partial charge in [-0.3, -0.25) is 4.98 Å². The Bertz CT molecular complexity index is 634. The van der Waals surface area contributed by atoms with Crippen molar-refractivity contribution in [3.8, 4) is 0 Å². The summed E-state index contributed by atoms with van der Waals surface area (Å²) in [5.74, 6) is 1.38. The van der Waals surface area contributed by atoms with Crippen molar-refractivity contribution in [2.24, 2.45) is 0 Å². The molecule has 4 rings (SSSR count). The molecule has 0 bridgehead atoms. The molecule has 2 aromatic rings. The minimum Gasteiger partial charge on any atom is -0.346 e. The van der Waals surface area contributed by atoms with E-state index in [1.807, 2.05) is 18.5 Å². The van der Waals surface area contributed by atoms with Gasteiger partial charge in [0.25, 0.3) is 0 Å². The van der Waals surface area contributed by atoms with Gasteiger partial charge in [-0.2, -0.15) is 0 Å². The second kappa shape index (κ2) is 5.43. The Hall–Kier alpha value is -1.97. The van der Waals surface area contributed by atoms with Crippen LogP contribution in [-0.4, -0.2) is 15.0 Å². The van der Waals surface area contributed by atoms with Crippen molar-refractivity contribution < 1.29 is 0 Å². The first-order valence-corrected chi connectivity index (χ1v) is 7.93. The summed E-state index contributed by atoms with van der Waals surface area (Å²) < 4.78 is 0. The fraction of sp³-hybridized carbons (Fsp3) is 0.471. The van der Waals surface area contributed by atoms with E-state index in [9.17, 15) is 0 Å². The number of pyridine rings is 1. The van der Waals surface area contributed by atoms with Gasteiger partial charge in [0.1, 0.15) is 0 Å². The molecule has 4 heteroatoms. The molecule has 1 fully saturated rings. The van der Waals surface area contributed by atoms with Crippen LogP contribution in [-0.2, 0) is 6.42 Å². The Kier molecular flexibility index (Phi) is 3.30. The van der Waals surface area contributed by atoms with Crippen LogP contribution in [0.3, 0.4) is 0 Å². The van der Waals surface area contributed by atoms with E-state index in [2.05, 4.69) is 27.4 Å². The predicted molar refractivity (Wildman–Crippen MR) is 82.2 cm³/mol. The van der Waals surface area contributed by atoms with Crippen LogP contribution in [0.2, 0.25) is 0 Å². The molecule has 2 heterocycles. The summed E-state index contributed by atoms with van der Waals surface area (Å²) in [4.78, 5) is 13.7. The van der Waals surface area contributed by atoms with Crippen molar-refractivity contribution in [2.75, 3.05) is 5.32 Å². The van der Waals surface area contributed by atoms with Crippen LogP contribution in [0.25, 0.3) is 0 Å². The molecule has 0 saturated heterocycles. The third-order valence-corrected chi connectivity index (χ3v) is 4.71. The van der Waals surface area contributed by atoms with E-state index in [-0.39, 0.29) is 6.04 Å². The lowest BCUT2D eigenvalue weighted by Gasteiger charge is -2.15. The number of hydrogen-bond acceptors (Lipinski definition) is 4. The first kappa shape index (κ1) is 12.7. The standard InChI is InChI=1S/C17H20N4/c1-2-5-12(4-1)14-9-11-19-17(20-14)21-15-8-7-13-6-3-10-18-16(13)15/h3,6,9-12,15H,1-2,4-5,7-8H2,(H,19,20,21). The first-order valence-electron chi connectivity index (χ1n) is 7.93. The molecule has 2 aromatic heterocycles. The minimum atomic E-state index is 0.250. The lowest BCUT2D eigenvalue weighted by molar-refractivity contribution is 0.687. The van der Waals surface area contributed by atoms with Gasteiger partial charge in [0, 0.05) is 24.0 Å². The Morgan fingerprint density at radius 1 is 1.00 bits per heavy atom. The van der Waals surface area contributed by atoms with Crippen LogP contribution in [0.4, 0.5) is 5.95 Å². The zero-order valence-corrected chi connectivity index (χ0v) is 12.1. The molecule has 1 unspecified atom stereocenters. The summed E-state index contributed by atoms with van der Waals surface area (Å²) >= 11 is 0. The number of anilines is 1. The van der Waals surface area contributed by atoms with Crippen molar-refractivity contribution in [3.63, 3.8) is 0 Å². The van der Waals surface area contributed by atoms with Crippen LogP contribution in [0.1, 0.15) is 61.0 Å². The monoisotopic (exact) mass is 280 g/mol. The SMILES string of the molecule is c1cnc2c(c1)CCC2Nc1nccc(C2CCCC2)n1. The normalized spacial score (nSPS) is 21.4. The van der Waals surface area contributed by atoms with Gasteiger partial charge in [-0.25, -0.2) is 9.97 Å². The minimum absolute atomic E-state index is 0.250. The van der Waals surface area contributed by atoms with Crippen molar-refractivity contribution in [1.82, 2.24) is 15.0 Å². The smallest absolute Gasteiger partial charge is 0.223 e. The Labute approximate surface area is 125 Å². The van der Waals surface area contributed by atoms with Crippen LogP contribution in [0, 0.1) is 0 Å². The largest absolute Gasteiger partial charge is 0.346 e. The van der Waals surface area contributed by atoms with Crippen LogP contribution < -0.4 is 5.32 Å². The number of nitrogens with one attached hydrogen (secondary N) is 1. The maximum Gasteiger partial charge on any atom is 0.223 e. The van der Waals surface area contributed by atoms with Gasteiger partial charge in [-0.05, 0) is 43.4 Å². The summed E-state index contributed by atoms with van der Waals surface area (Å²) in [5.41, 5.74) is 3.71. The van der Waals surface area contributed by atoms with Crippen LogP contribution in [0.5, 0.6) is 0 Å². The fourth-order valence-electron chi connectivity index (χ4n) is 3.60. The molecule has 0 spiro atoms. The summed E-state index contributed by atoms with van der Waals surface area (Å²) in [5, 5.41) is 3.48. The molecule has 1 N–H and O–H groups in total. The van der Waals surface area contributed by atoms with Gasteiger partial charge in [0.2, 0.25) is 5.95 Å². The molecule has 2 aliphatic rings. The Balaban J connectivity index is 1.54. The van der Waals surface area contributed by atoms with Gasteiger partial charge in [-0.15, -0.1) is 0 Å². The summed E-state index contributed by atoms with van der Waals surface area (Å²) in [7, 11) is 0. The first-order chi connectivity index (χ1) is 10.4. The van der Waals surface area contributed by atoms with Crippen LogP contribution in [0.15, 0.2) is 30.6 Å². The van der Waals surface area contributed by atoms with Gasteiger partial charge >= 0.3 is 0 Å². The van der Waals surface area contributed by atoms with Crippen molar-refractivity contribution in [3.05, 3.63) is 47.5 Å². The van der Waals surface area contributed by atoms with Crippen molar-refractivity contribution >= 4 is 5.95 Å². The molecule has 0 aliphatic heterocycles. The molecular formula is C17H20N4. The van der Waals surface area contributed by atoms with E-state index in [4.69, 9.17) is 4.98 Å². The topological polar surface area (TPSA) is 50.7 Å². The second-order valence-electron chi connectivity index (χ2n) is 6.07. The van der Waals surface area contributed by atoms with Gasteiger partial charge in [0.05, 0.1) is 11.7 Å². The predicted octanol–water partition coefficient (Wildman–Crippen LogP) is 3.63. The van der Waals surface area contributed by atoms with Gasteiger partial charge in [-0.1, -0.05) is 18.9 Å². The van der Waals surface area contributed by atoms with E-state index >= 15 is 0 Å². The number of aromatic nitrogens is 3. The van der Waals surface area contributed by atoms with E-state index < -0.39 is 0 Å². The zero-order valence-electron chi connectivity index (χ0n) is 12.1. The molecule has 2 aliphatic carbocycles. The summed E-state index contributed by atoms with van der Waals surface area (Å²) in [6.07, 6.45) is 11.1. The maximum atomic E-state index is 4.74. The Morgan fingerprint density at radius 2 is 1.90 bits per heavy atom. The van der Waals surface area contributed by atoms with Crippen molar-refractivity contribution in [1.29, 1.82) is 0 Å². The average Bonchev–Trinajstić information content (AvgIpc) is 3.18. The lowest BCUT2D eigenvalue weighted by Crippen LogP contribution is -2.12. The lowest BCUT2D eigenvalue weighted by atomic mass is 10.0. The molecule has 1 atom stereocenters. The third-order valence-electron chi connectivity index (χ3n) is 4.71.